The Morgan fingerprint density at radius 3 is 2.83 bits per heavy atom. The number of nitrogens with zero attached hydrogens (tertiary/aromatic N) is 2. The van der Waals surface area contributed by atoms with Crippen molar-refractivity contribution in [3.8, 4) is 0 Å². The first-order valence-corrected chi connectivity index (χ1v) is 8.60. The van der Waals surface area contributed by atoms with E-state index in [1.807, 2.05) is 32.0 Å². The molecule has 0 aliphatic carbocycles. The van der Waals surface area contributed by atoms with Gasteiger partial charge >= 0.3 is 5.97 Å². The summed E-state index contributed by atoms with van der Waals surface area (Å²) in [5.41, 5.74) is 3.42. The van der Waals surface area contributed by atoms with E-state index in [1.54, 1.807) is 6.20 Å². The summed E-state index contributed by atoms with van der Waals surface area (Å²) < 4.78 is 5.23. The van der Waals surface area contributed by atoms with Crippen molar-refractivity contribution in [3.63, 3.8) is 0 Å². The lowest BCUT2D eigenvalue weighted by molar-refractivity contribution is 0.0527. The molecule has 0 radical (unpaired) electrons. The van der Waals surface area contributed by atoms with Crippen LogP contribution in [0.2, 0.25) is 0 Å². The van der Waals surface area contributed by atoms with E-state index in [9.17, 15) is 4.79 Å². The van der Waals surface area contributed by atoms with Crippen molar-refractivity contribution < 1.29 is 9.53 Å². The van der Waals surface area contributed by atoms with Gasteiger partial charge in [0.25, 0.3) is 0 Å². The fourth-order valence-electron chi connectivity index (χ4n) is 3.25. The van der Waals surface area contributed by atoms with Crippen molar-refractivity contribution in [2.75, 3.05) is 32.1 Å². The maximum absolute atomic E-state index is 12.4. The van der Waals surface area contributed by atoms with Gasteiger partial charge < -0.3 is 15.0 Å². The Labute approximate surface area is 143 Å². The number of pyridine rings is 1. The number of aryl methyl sites for hydroxylation is 1. The van der Waals surface area contributed by atoms with Crippen LogP contribution in [0, 0.1) is 6.92 Å². The molecule has 0 spiro atoms. The van der Waals surface area contributed by atoms with Gasteiger partial charge in [0.05, 0.1) is 17.8 Å². The molecular formula is C19H25N3O2. The third kappa shape index (κ3) is 3.36. The highest BCUT2D eigenvalue weighted by atomic mass is 16.5. The number of benzene rings is 1. The summed E-state index contributed by atoms with van der Waals surface area (Å²) in [5.74, 6) is -0.316. The van der Waals surface area contributed by atoms with Gasteiger partial charge in [-0.1, -0.05) is 18.2 Å². The monoisotopic (exact) mass is 327 g/mol. The summed E-state index contributed by atoms with van der Waals surface area (Å²) in [7, 11) is 2.14. The largest absolute Gasteiger partial charge is 0.462 e. The summed E-state index contributed by atoms with van der Waals surface area (Å²) in [6.45, 7) is 6.35. The van der Waals surface area contributed by atoms with E-state index < -0.39 is 0 Å². The molecule has 0 atom stereocenters. The molecule has 5 nitrogen and oxygen atoms in total. The third-order valence-electron chi connectivity index (χ3n) is 4.66. The number of fused-ring (bicyclic) bond motifs is 1. The van der Waals surface area contributed by atoms with Crippen molar-refractivity contribution in [1.29, 1.82) is 0 Å². The molecule has 1 fully saturated rings. The Balaban J connectivity index is 2.02. The van der Waals surface area contributed by atoms with Crippen LogP contribution >= 0.6 is 0 Å². The molecule has 1 aliphatic heterocycles. The first-order valence-electron chi connectivity index (χ1n) is 8.60. The molecule has 1 saturated heterocycles. The summed E-state index contributed by atoms with van der Waals surface area (Å²) in [4.78, 5) is 19.2. The number of anilines is 1. The van der Waals surface area contributed by atoms with Crippen LogP contribution in [0.4, 0.5) is 5.69 Å². The second-order valence-electron chi connectivity index (χ2n) is 6.46. The van der Waals surface area contributed by atoms with Gasteiger partial charge in [-0.15, -0.1) is 0 Å². The van der Waals surface area contributed by atoms with Crippen LogP contribution in [-0.4, -0.2) is 48.6 Å². The SMILES string of the molecule is CCOC(=O)c1cnc2c(C)cccc2c1NC1CCN(C)CC1. The Hall–Kier alpha value is -2.14. The highest BCUT2D eigenvalue weighted by Gasteiger charge is 2.22. The van der Waals surface area contributed by atoms with Crippen molar-refractivity contribution in [3.05, 3.63) is 35.5 Å². The average molecular weight is 327 g/mol. The predicted octanol–water partition coefficient (Wildman–Crippen LogP) is 3.23. The van der Waals surface area contributed by atoms with E-state index in [1.165, 1.54) is 0 Å². The number of nitrogens with one attached hydrogen (secondary N) is 1. The smallest absolute Gasteiger partial charge is 0.341 e. The molecule has 2 heterocycles. The molecule has 2 aromatic rings. The molecule has 0 unspecified atom stereocenters. The maximum atomic E-state index is 12.4. The molecule has 0 saturated carbocycles. The number of piperidine rings is 1. The molecule has 1 aromatic carbocycles. The minimum atomic E-state index is -0.316. The molecule has 1 aromatic heterocycles. The number of aromatic nitrogens is 1. The molecular weight excluding hydrogens is 302 g/mol. The molecule has 3 rings (SSSR count). The topological polar surface area (TPSA) is 54.5 Å². The highest BCUT2D eigenvalue weighted by molar-refractivity contribution is 6.05. The Kier molecular flexibility index (Phi) is 5.00. The minimum Gasteiger partial charge on any atom is -0.462 e. The molecule has 24 heavy (non-hydrogen) atoms. The normalized spacial score (nSPS) is 16.3. The lowest BCUT2D eigenvalue weighted by atomic mass is 10.0. The summed E-state index contributed by atoms with van der Waals surface area (Å²) >= 11 is 0. The fraction of sp³-hybridized carbons (Fsp3) is 0.474. The van der Waals surface area contributed by atoms with E-state index in [0.717, 1.165) is 48.1 Å². The summed E-state index contributed by atoms with van der Waals surface area (Å²) in [6.07, 6.45) is 3.77. The van der Waals surface area contributed by atoms with E-state index in [0.29, 0.717) is 18.2 Å². The number of hydrogen-bond acceptors (Lipinski definition) is 5. The second-order valence-corrected chi connectivity index (χ2v) is 6.46. The zero-order chi connectivity index (χ0) is 17.1. The number of carbonyl (C=O) groups excluding carboxylic acids is 1. The zero-order valence-electron chi connectivity index (χ0n) is 14.6. The molecule has 1 N–H and O–H groups in total. The minimum absolute atomic E-state index is 0.316. The molecule has 1 aliphatic rings. The summed E-state index contributed by atoms with van der Waals surface area (Å²) in [5, 5.41) is 4.60. The molecule has 0 amide bonds. The van der Waals surface area contributed by atoms with Gasteiger partial charge in [-0.2, -0.15) is 0 Å². The summed E-state index contributed by atoms with van der Waals surface area (Å²) in [6, 6.07) is 6.43. The van der Waals surface area contributed by atoms with Crippen LogP contribution < -0.4 is 5.32 Å². The number of ether oxygens (including phenoxy) is 1. The first kappa shape index (κ1) is 16.7. The van der Waals surface area contributed by atoms with Crippen molar-refractivity contribution in [2.45, 2.75) is 32.7 Å². The van der Waals surface area contributed by atoms with Crippen molar-refractivity contribution in [2.24, 2.45) is 0 Å². The molecule has 0 bridgehead atoms. The van der Waals surface area contributed by atoms with Gasteiger partial charge in [0.1, 0.15) is 5.56 Å². The van der Waals surface area contributed by atoms with Crippen LogP contribution in [0.3, 0.4) is 0 Å². The van der Waals surface area contributed by atoms with Crippen LogP contribution in [0.15, 0.2) is 24.4 Å². The predicted molar refractivity (Wildman–Crippen MR) is 96.6 cm³/mol. The third-order valence-corrected chi connectivity index (χ3v) is 4.66. The van der Waals surface area contributed by atoms with Gasteiger partial charge in [0.15, 0.2) is 0 Å². The number of hydrogen-bond donors (Lipinski definition) is 1. The fourth-order valence-corrected chi connectivity index (χ4v) is 3.25. The van der Waals surface area contributed by atoms with Crippen LogP contribution in [-0.2, 0) is 4.74 Å². The Morgan fingerprint density at radius 1 is 1.38 bits per heavy atom. The maximum Gasteiger partial charge on any atom is 0.341 e. The van der Waals surface area contributed by atoms with Gasteiger partial charge in [-0.25, -0.2) is 4.79 Å². The van der Waals surface area contributed by atoms with Crippen molar-refractivity contribution in [1.82, 2.24) is 9.88 Å². The quantitative estimate of drug-likeness (QED) is 0.874. The zero-order valence-corrected chi connectivity index (χ0v) is 14.6. The van der Waals surface area contributed by atoms with Crippen LogP contribution in [0.1, 0.15) is 35.7 Å². The number of para-hydroxylation sites is 1. The van der Waals surface area contributed by atoms with Gasteiger partial charge in [-0.3, -0.25) is 4.98 Å². The van der Waals surface area contributed by atoms with Gasteiger partial charge in [-0.05, 0) is 52.4 Å². The highest BCUT2D eigenvalue weighted by Crippen LogP contribution is 2.30. The van der Waals surface area contributed by atoms with Gasteiger partial charge in [0.2, 0.25) is 0 Å². The first-order chi connectivity index (χ1) is 11.6. The van der Waals surface area contributed by atoms with E-state index in [4.69, 9.17) is 4.74 Å². The van der Waals surface area contributed by atoms with Gasteiger partial charge in [0, 0.05) is 17.6 Å². The van der Waals surface area contributed by atoms with E-state index in [-0.39, 0.29) is 5.97 Å². The number of esters is 1. The van der Waals surface area contributed by atoms with Crippen molar-refractivity contribution >= 4 is 22.6 Å². The number of carbonyl (C=O) groups is 1. The lowest BCUT2D eigenvalue weighted by Crippen LogP contribution is -2.37. The number of likely N-dealkylation sites (tertiary alicyclic amines) is 1. The average Bonchev–Trinajstić information content (AvgIpc) is 2.58. The Bertz CT molecular complexity index is 737. The van der Waals surface area contributed by atoms with E-state index >= 15 is 0 Å². The molecule has 5 heteroatoms. The Morgan fingerprint density at radius 2 is 2.12 bits per heavy atom. The lowest BCUT2D eigenvalue weighted by Gasteiger charge is -2.31. The number of rotatable bonds is 4. The molecule has 128 valence electrons. The van der Waals surface area contributed by atoms with Crippen LogP contribution in [0.5, 0.6) is 0 Å². The van der Waals surface area contributed by atoms with Crippen LogP contribution in [0.25, 0.3) is 10.9 Å². The van der Waals surface area contributed by atoms with E-state index in [2.05, 4.69) is 22.2 Å². The standard InChI is InChI=1S/C19H25N3O2/c1-4-24-19(23)16-12-20-17-13(2)6-5-7-15(17)18(16)21-14-8-10-22(3)11-9-14/h5-7,12,14H,4,8-11H2,1-3H3,(H,20,21). The second kappa shape index (κ2) is 7.18.